The monoisotopic (exact) mass is 393 g/mol. The molecule has 10 heteroatoms. The Morgan fingerprint density at radius 2 is 1.74 bits per heavy atom. The Hall–Kier alpha value is -3.01. The van der Waals surface area contributed by atoms with E-state index in [1.807, 2.05) is 30.3 Å². The first-order chi connectivity index (χ1) is 12.9. The van der Waals surface area contributed by atoms with Gasteiger partial charge in [-0.1, -0.05) is 54.2 Å². The lowest BCUT2D eigenvalue weighted by Crippen LogP contribution is -2.19. The zero-order chi connectivity index (χ0) is 19.4. The molecule has 0 spiro atoms. The van der Waals surface area contributed by atoms with Crippen molar-refractivity contribution in [2.24, 2.45) is 0 Å². The van der Waals surface area contributed by atoms with Crippen LogP contribution in [-0.2, 0) is 11.0 Å². The molecule has 1 amide bonds. The first kappa shape index (κ1) is 18.8. The van der Waals surface area contributed by atoms with Gasteiger partial charge in [0.05, 0.1) is 17.0 Å². The van der Waals surface area contributed by atoms with E-state index in [4.69, 9.17) is 5.84 Å². The molecule has 0 bridgehead atoms. The van der Waals surface area contributed by atoms with Gasteiger partial charge in [-0.25, -0.2) is 4.68 Å². The van der Waals surface area contributed by atoms with Gasteiger partial charge in [0.1, 0.15) is 0 Å². The molecule has 1 aromatic heterocycles. The van der Waals surface area contributed by atoms with Crippen molar-refractivity contribution in [2.45, 2.75) is 11.3 Å². The first-order valence-electron chi connectivity index (χ1n) is 7.71. The molecule has 0 atom stereocenters. The molecule has 0 saturated heterocycles. The number of hydrogen-bond acceptors (Lipinski definition) is 5. The summed E-state index contributed by atoms with van der Waals surface area (Å²) in [7, 11) is 0. The average molecular weight is 393 g/mol. The number of anilines is 1. The highest BCUT2D eigenvalue weighted by atomic mass is 32.2. The topological polar surface area (TPSA) is 85.8 Å². The number of alkyl halides is 3. The summed E-state index contributed by atoms with van der Waals surface area (Å²) in [6.07, 6.45) is -4.56. The number of nitrogens with two attached hydrogens (primary N) is 1. The molecule has 27 heavy (non-hydrogen) atoms. The number of nitrogen functional groups attached to an aromatic ring is 1. The van der Waals surface area contributed by atoms with Crippen molar-refractivity contribution in [3.63, 3.8) is 0 Å². The summed E-state index contributed by atoms with van der Waals surface area (Å²) >= 11 is 0.974. The number of thioether (sulfide) groups is 1. The molecule has 3 aromatic rings. The molecule has 2 aromatic carbocycles. The van der Waals surface area contributed by atoms with Crippen molar-refractivity contribution in [3.8, 4) is 11.4 Å². The minimum absolute atomic E-state index is 0.170. The van der Waals surface area contributed by atoms with E-state index in [1.54, 1.807) is 0 Å². The Morgan fingerprint density at radius 1 is 1.07 bits per heavy atom. The molecule has 0 unspecified atom stereocenters. The van der Waals surface area contributed by atoms with E-state index in [2.05, 4.69) is 15.5 Å². The number of nitrogens with one attached hydrogen (secondary N) is 1. The Kier molecular flexibility index (Phi) is 5.36. The van der Waals surface area contributed by atoms with Crippen LogP contribution in [0, 0.1) is 0 Å². The van der Waals surface area contributed by atoms with Crippen LogP contribution >= 0.6 is 11.8 Å². The summed E-state index contributed by atoms with van der Waals surface area (Å²) in [6, 6.07) is 13.9. The first-order valence-corrected chi connectivity index (χ1v) is 8.69. The molecule has 0 aliphatic heterocycles. The molecular formula is C17H14F3N5OS. The predicted molar refractivity (Wildman–Crippen MR) is 96.4 cm³/mol. The molecule has 3 rings (SSSR count). The van der Waals surface area contributed by atoms with Crippen LogP contribution in [-0.4, -0.2) is 26.5 Å². The molecule has 0 saturated carbocycles. The third kappa shape index (κ3) is 4.40. The van der Waals surface area contributed by atoms with Crippen LogP contribution in [0.25, 0.3) is 11.4 Å². The molecular weight excluding hydrogens is 379 g/mol. The van der Waals surface area contributed by atoms with Crippen LogP contribution < -0.4 is 11.2 Å². The number of aromatic nitrogens is 3. The lowest BCUT2D eigenvalue weighted by atomic mass is 10.1. The minimum Gasteiger partial charge on any atom is -0.335 e. The van der Waals surface area contributed by atoms with Gasteiger partial charge in [-0.15, -0.1) is 10.2 Å². The van der Waals surface area contributed by atoms with Crippen molar-refractivity contribution >= 4 is 23.4 Å². The summed E-state index contributed by atoms with van der Waals surface area (Å²) in [4.78, 5) is 12.1. The third-order valence-electron chi connectivity index (χ3n) is 3.54. The number of amides is 1. The van der Waals surface area contributed by atoms with Crippen LogP contribution in [0.4, 0.5) is 18.9 Å². The molecule has 6 nitrogen and oxygen atoms in total. The number of carbonyl (C=O) groups is 1. The van der Waals surface area contributed by atoms with E-state index < -0.39 is 17.6 Å². The van der Waals surface area contributed by atoms with Gasteiger partial charge in [-0.2, -0.15) is 13.2 Å². The Bertz CT molecular complexity index is 943. The number of carbonyl (C=O) groups excluding carboxylic acids is 1. The second kappa shape index (κ2) is 7.70. The number of benzene rings is 2. The number of halogens is 3. The molecule has 0 fully saturated rings. The molecule has 0 aliphatic carbocycles. The van der Waals surface area contributed by atoms with Gasteiger partial charge in [0, 0.05) is 5.56 Å². The standard InChI is InChI=1S/C17H14F3N5OS/c18-17(19,20)12-8-4-5-9-13(12)22-14(26)10-27-16-24-23-15(25(16)21)11-6-2-1-3-7-11/h1-9H,10,21H2,(H,22,26). The zero-order valence-electron chi connectivity index (χ0n) is 13.8. The maximum atomic E-state index is 13.0. The highest BCUT2D eigenvalue weighted by Crippen LogP contribution is 2.34. The number of hydrogen-bond donors (Lipinski definition) is 2. The Morgan fingerprint density at radius 3 is 2.44 bits per heavy atom. The molecule has 1 heterocycles. The predicted octanol–water partition coefficient (Wildman–Crippen LogP) is 3.41. The molecule has 140 valence electrons. The van der Waals surface area contributed by atoms with E-state index in [-0.39, 0.29) is 16.6 Å². The van der Waals surface area contributed by atoms with Gasteiger partial charge in [0.25, 0.3) is 0 Å². The summed E-state index contributed by atoms with van der Waals surface area (Å²) in [6.45, 7) is 0. The van der Waals surface area contributed by atoms with Crippen LogP contribution in [0.1, 0.15) is 5.56 Å². The van der Waals surface area contributed by atoms with Gasteiger partial charge < -0.3 is 11.2 Å². The average Bonchev–Trinajstić information content (AvgIpc) is 3.01. The fourth-order valence-electron chi connectivity index (χ4n) is 2.32. The highest BCUT2D eigenvalue weighted by molar-refractivity contribution is 7.99. The fourth-order valence-corrected chi connectivity index (χ4v) is 2.97. The summed E-state index contributed by atoms with van der Waals surface area (Å²) < 4.78 is 40.1. The lowest BCUT2D eigenvalue weighted by molar-refractivity contribution is -0.137. The summed E-state index contributed by atoms with van der Waals surface area (Å²) in [5.41, 5.74) is -0.450. The Balaban J connectivity index is 1.67. The van der Waals surface area contributed by atoms with Crippen molar-refractivity contribution in [2.75, 3.05) is 16.9 Å². The van der Waals surface area contributed by atoms with E-state index >= 15 is 0 Å². The second-order valence-corrected chi connectivity index (χ2v) is 6.36. The second-order valence-electron chi connectivity index (χ2n) is 5.42. The van der Waals surface area contributed by atoms with E-state index in [0.29, 0.717) is 5.82 Å². The summed E-state index contributed by atoms with van der Waals surface area (Å²) in [5.74, 6) is 5.58. The van der Waals surface area contributed by atoms with Crippen molar-refractivity contribution in [1.82, 2.24) is 14.9 Å². The van der Waals surface area contributed by atoms with Crippen LogP contribution in [0.3, 0.4) is 0 Å². The van der Waals surface area contributed by atoms with E-state index in [9.17, 15) is 18.0 Å². The van der Waals surface area contributed by atoms with E-state index in [0.717, 1.165) is 23.4 Å². The highest BCUT2D eigenvalue weighted by Gasteiger charge is 2.33. The molecule has 3 N–H and O–H groups in total. The Labute approximate surface area is 156 Å². The fraction of sp³-hybridized carbons (Fsp3) is 0.118. The van der Waals surface area contributed by atoms with E-state index in [1.165, 1.54) is 22.9 Å². The molecule has 0 aliphatic rings. The van der Waals surface area contributed by atoms with Crippen molar-refractivity contribution in [3.05, 3.63) is 60.2 Å². The van der Waals surface area contributed by atoms with Gasteiger partial charge >= 0.3 is 6.18 Å². The zero-order valence-corrected chi connectivity index (χ0v) is 14.6. The maximum absolute atomic E-state index is 13.0. The summed E-state index contributed by atoms with van der Waals surface area (Å²) in [5, 5.41) is 10.4. The largest absolute Gasteiger partial charge is 0.418 e. The van der Waals surface area contributed by atoms with Crippen molar-refractivity contribution < 1.29 is 18.0 Å². The number of rotatable bonds is 5. The SMILES string of the molecule is Nn1c(SCC(=O)Nc2ccccc2C(F)(F)F)nnc1-c1ccccc1. The number of nitrogens with zero attached hydrogens (tertiary/aromatic N) is 3. The van der Waals surface area contributed by atoms with Gasteiger partial charge in [-0.3, -0.25) is 4.79 Å². The minimum atomic E-state index is -4.56. The number of para-hydroxylation sites is 1. The maximum Gasteiger partial charge on any atom is 0.418 e. The normalized spacial score (nSPS) is 11.4. The van der Waals surface area contributed by atoms with Gasteiger partial charge in [0.15, 0.2) is 5.82 Å². The van der Waals surface area contributed by atoms with Gasteiger partial charge in [-0.05, 0) is 12.1 Å². The van der Waals surface area contributed by atoms with Crippen LogP contribution in [0.2, 0.25) is 0 Å². The third-order valence-corrected chi connectivity index (χ3v) is 4.48. The molecule has 0 radical (unpaired) electrons. The lowest BCUT2D eigenvalue weighted by Gasteiger charge is -2.13. The van der Waals surface area contributed by atoms with Crippen LogP contribution in [0.15, 0.2) is 59.8 Å². The smallest absolute Gasteiger partial charge is 0.335 e. The van der Waals surface area contributed by atoms with Crippen molar-refractivity contribution in [1.29, 1.82) is 0 Å². The van der Waals surface area contributed by atoms with Crippen LogP contribution in [0.5, 0.6) is 0 Å². The van der Waals surface area contributed by atoms with Gasteiger partial charge in [0.2, 0.25) is 11.1 Å². The quantitative estimate of drug-likeness (QED) is 0.513.